The second kappa shape index (κ2) is 6.41. The third-order valence-corrected chi connectivity index (χ3v) is 4.64. The molecule has 0 spiro atoms. The Morgan fingerprint density at radius 3 is 2.50 bits per heavy atom. The van der Waals surface area contributed by atoms with Gasteiger partial charge in [0.1, 0.15) is 0 Å². The number of ketones is 1. The zero-order valence-electron chi connectivity index (χ0n) is 11.5. The summed E-state index contributed by atoms with van der Waals surface area (Å²) in [6.45, 7) is 7.07. The van der Waals surface area contributed by atoms with E-state index in [1.54, 1.807) is 13.0 Å². The van der Waals surface area contributed by atoms with E-state index < -0.39 is 20.7 Å². The summed E-state index contributed by atoms with van der Waals surface area (Å²) in [5.41, 5.74) is 10.6. The number of sulfone groups is 1. The Bertz CT molecular complexity index is 699. The lowest BCUT2D eigenvalue weighted by Gasteiger charge is -2.03. The average molecular weight is 292 g/mol. The molecule has 0 bridgehead atoms. The molecule has 0 saturated carbocycles. The fourth-order valence-electron chi connectivity index (χ4n) is 1.59. The van der Waals surface area contributed by atoms with Crippen molar-refractivity contribution < 1.29 is 18.0 Å². The van der Waals surface area contributed by atoms with Crippen LogP contribution in [0, 0.1) is 13.8 Å². The predicted molar refractivity (Wildman–Crippen MR) is 76.2 cm³/mol. The quantitative estimate of drug-likeness (QED) is 0.274. The molecule has 0 fully saturated rings. The molecule has 0 aliphatic heterocycles. The van der Waals surface area contributed by atoms with Gasteiger partial charge < -0.3 is 5.53 Å². The van der Waals surface area contributed by atoms with Gasteiger partial charge in [0.25, 0.3) is 15.6 Å². The summed E-state index contributed by atoms with van der Waals surface area (Å²) in [6, 6.07) is 4.49. The first-order valence-corrected chi connectivity index (χ1v) is 7.51. The molecule has 5 nitrogen and oxygen atoms in total. The van der Waals surface area contributed by atoms with Crippen molar-refractivity contribution in [2.24, 2.45) is 0 Å². The summed E-state index contributed by atoms with van der Waals surface area (Å²) in [5.74, 6) is -0.731. The molecule has 0 unspecified atom stereocenters. The third kappa shape index (κ3) is 3.29. The summed E-state index contributed by atoms with van der Waals surface area (Å²) in [6.07, 6.45) is 1.75. The lowest BCUT2D eigenvalue weighted by atomic mass is 10.1. The van der Waals surface area contributed by atoms with Crippen LogP contribution in [-0.4, -0.2) is 24.0 Å². The van der Waals surface area contributed by atoms with Gasteiger partial charge in [-0.15, -0.1) is 11.4 Å². The Hall–Kier alpha value is -2.04. The molecule has 106 valence electrons. The molecule has 6 heteroatoms. The molecular formula is C14H16N2O3S. The first kappa shape index (κ1) is 16.0. The summed E-state index contributed by atoms with van der Waals surface area (Å²) in [4.78, 5) is 14.4. The van der Waals surface area contributed by atoms with Crippen molar-refractivity contribution in [3.8, 4) is 0 Å². The molecule has 0 radical (unpaired) electrons. The highest BCUT2D eigenvalue weighted by Gasteiger charge is 2.36. The van der Waals surface area contributed by atoms with Crippen LogP contribution < -0.4 is 0 Å². The van der Waals surface area contributed by atoms with Gasteiger partial charge in [-0.05, 0) is 43.5 Å². The molecule has 0 aliphatic rings. The number of carbonyl (C=O) groups excluding carboxylic acids is 1. The van der Waals surface area contributed by atoms with Crippen molar-refractivity contribution in [3.63, 3.8) is 0 Å². The Morgan fingerprint density at radius 2 is 2.00 bits per heavy atom. The molecular weight excluding hydrogens is 276 g/mol. The smallest absolute Gasteiger partial charge is 0.360 e. The SMILES string of the molecule is C=CCCC(=O)C(=[N+]=[N-])S(=O)(=O)c1ccc(C)c(C)c1. The standard InChI is InChI=1S/C14H16N2O3S/c1-4-5-6-13(17)14(16-15)20(18,19)12-8-7-10(2)11(3)9-12/h4,7-9H,1,5-6H2,2-3H3. The van der Waals surface area contributed by atoms with Crippen LogP contribution in [0.5, 0.6) is 0 Å². The largest absolute Gasteiger partial charge is 0.451 e. The molecule has 1 rings (SSSR count). The van der Waals surface area contributed by atoms with Gasteiger partial charge in [-0.3, -0.25) is 4.79 Å². The second-order valence-corrected chi connectivity index (χ2v) is 6.27. The number of nitrogens with zero attached hydrogens (tertiary/aromatic N) is 2. The fourth-order valence-corrected chi connectivity index (χ4v) is 2.90. The molecule has 1 aromatic rings. The molecule has 0 aromatic heterocycles. The number of benzene rings is 1. The minimum atomic E-state index is -4.10. The van der Waals surface area contributed by atoms with Crippen molar-refractivity contribution in [2.45, 2.75) is 31.6 Å². The van der Waals surface area contributed by atoms with E-state index in [9.17, 15) is 13.2 Å². The summed E-state index contributed by atoms with van der Waals surface area (Å²) in [7, 11) is -4.10. The number of allylic oxidation sites excluding steroid dienone is 1. The summed E-state index contributed by atoms with van der Waals surface area (Å²) in [5, 5.41) is -0.831. The first-order chi connectivity index (χ1) is 9.34. The van der Waals surface area contributed by atoms with Gasteiger partial charge in [0, 0.05) is 6.42 Å². The average Bonchev–Trinajstić information content (AvgIpc) is 2.39. The van der Waals surface area contributed by atoms with Crippen LogP contribution in [-0.2, 0) is 14.6 Å². The van der Waals surface area contributed by atoms with E-state index >= 15 is 0 Å². The van der Waals surface area contributed by atoms with Crippen molar-refractivity contribution in [1.82, 2.24) is 0 Å². The molecule has 1 aromatic carbocycles. The molecule has 20 heavy (non-hydrogen) atoms. The van der Waals surface area contributed by atoms with E-state index in [-0.39, 0.29) is 11.3 Å². The number of Topliss-reactive ketones (excluding diaryl/α,β-unsaturated/α-hetero) is 1. The lowest BCUT2D eigenvalue weighted by molar-refractivity contribution is -0.116. The van der Waals surface area contributed by atoms with E-state index in [2.05, 4.69) is 11.4 Å². The topological polar surface area (TPSA) is 87.6 Å². The molecule has 0 N–H and O–H groups in total. The van der Waals surface area contributed by atoms with Gasteiger partial charge >= 0.3 is 5.04 Å². The maximum atomic E-state index is 12.3. The Morgan fingerprint density at radius 1 is 1.35 bits per heavy atom. The monoisotopic (exact) mass is 292 g/mol. The highest BCUT2D eigenvalue weighted by molar-refractivity contribution is 8.08. The zero-order valence-corrected chi connectivity index (χ0v) is 12.3. The number of hydrogen-bond acceptors (Lipinski definition) is 3. The number of aryl methyl sites for hydroxylation is 2. The first-order valence-electron chi connectivity index (χ1n) is 6.03. The normalized spacial score (nSPS) is 10.7. The number of hydrogen-bond donors (Lipinski definition) is 0. The second-order valence-electron chi connectivity index (χ2n) is 4.41. The van der Waals surface area contributed by atoms with E-state index in [1.807, 2.05) is 6.92 Å². The molecule has 0 amide bonds. The third-order valence-electron chi connectivity index (χ3n) is 2.95. The van der Waals surface area contributed by atoms with Crippen LogP contribution in [0.2, 0.25) is 0 Å². The van der Waals surface area contributed by atoms with Crippen LogP contribution in [0.15, 0.2) is 35.7 Å². The van der Waals surface area contributed by atoms with Crippen LogP contribution in [0.1, 0.15) is 24.0 Å². The number of rotatable bonds is 5. The maximum Gasteiger partial charge on any atom is 0.451 e. The van der Waals surface area contributed by atoms with Gasteiger partial charge in [0.2, 0.25) is 0 Å². The van der Waals surface area contributed by atoms with Gasteiger partial charge in [-0.25, -0.2) is 8.42 Å². The van der Waals surface area contributed by atoms with Gasteiger partial charge in [-0.2, -0.15) is 0 Å². The van der Waals surface area contributed by atoms with Crippen LogP contribution in [0.3, 0.4) is 0 Å². The number of carbonyl (C=O) groups is 1. The Kier molecular flexibility index (Phi) is 5.13. The lowest BCUT2D eigenvalue weighted by Crippen LogP contribution is -2.25. The Labute approximate surface area is 118 Å². The Balaban J connectivity index is 3.26. The van der Waals surface area contributed by atoms with Gasteiger partial charge in [0.05, 0.1) is 4.90 Å². The van der Waals surface area contributed by atoms with E-state index in [0.717, 1.165) is 11.1 Å². The van der Waals surface area contributed by atoms with Gasteiger partial charge in [-0.1, -0.05) is 12.1 Å². The van der Waals surface area contributed by atoms with Crippen molar-refractivity contribution in [1.29, 1.82) is 0 Å². The van der Waals surface area contributed by atoms with Crippen molar-refractivity contribution in [3.05, 3.63) is 47.5 Å². The van der Waals surface area contributed by atoms with E-state index in [1.165, 1.54) is 18.2 Å². The zero-order chi connectivity index (χ0) is 15.3. The fraction of sp³-hybridized carbons (Fsp3) is 0.286. The van der Waals surface area contributed by atoms with Crippen LogP contribution in [0.25, 0.3) is 5.53 Å². The van der Waals surface area contributed by atoms with E-state index in [0.29, 0.717) is 6.42 Å². The van der Waals surface area contributed by atoms with Crippen LogP contribution in [0.4, 0.5) is 0 Å². The molecule has 0 saturated heterocycles. The van der Waals surface area contributed by atoms with Crippen molar-refractivity contribution >= 4 is 20.7 Å². The molecule has 0 heterocycles. The van der Waals surface area contributed by atoms with Crippen LogP contribution >= 0.6 is 0 Å². The highest BCUT2D eigenvalue weighted by Crippen LogP contribution is 2.17. The maximum absolute atomic E-state index is 12.3. The highest BCUT2D eigenvalue weighted by atomic mass is 32.2. The predicted octanol–water partition coefficient (Wildman–Crippen LogP) is 2.24. The van der Waals surface area contributed by atoms with Gasteiger partial charge in [0.15, 0.2) is 0 Å². The minimum absolute atomic E-state index is 0.0552. The van der Waals surface area contributed by atoms with Crippen molar-refractivity contribution in [2.75, 3.05) is 0 Å². The van der Waals surface area contributed by atoms with E-state index in [4.69, 9.17) is 5.53 Å². The summed E-state index contributed by atoms with van der Waals surface area (Å²) >= 11 is 0. The summed E-state index contributed by atoms with van der Waals surface area (Å²) < 4.78 is 24.6. The minimum Gasteiger partial charge on any atom is -0.360 e. The molecule has 0 atom stereocenters. The molecule has 0 aliphatic carbocycles.